The van der Waals surface area contributed by atoms with E-state index in [1.165, 1.54) is 6.42 Å². The number of ether oxygens (including phenoxy) is 1. The molecule has 0 aromatic carbocycles. The molecule has 0 spiro atoms. The molecule has 108 valence electrons. The molecule has 1 N–H and O–H groups in total. The molecule has 3 heteroatoms. The highest BCUT2D eigenvalue weighted by Gasteiger charge is 2.35. The van der Waals surface area contributed by atoms with E-state index in [9.17, 15) is 0 Å². The Morgan fingerprint density at radius 2 is 1.83 bits per heavy atom. The Morgan fingerprint density at radius 3 is 2.28 bits per heavy atom. The second-order valence-corrected chi connectivity index (χ2v) is 7.28. The number of nitrogens with zero attached hydrogens (tertiary/aromatic N) is 1. The predicted octanol–water partition coefficient (Wildman–Crippen LogP) is 2.51. The molecule has 1 rings (SSSR count). The van der Waals surface area contributed by atoms with Crippen LogP contribution in [0.1, 0.15) is 48.0 Å². The highest BCUT2D eigenvalue weighted by Crippen LogP contribution is 2.25. The summed E-state index contributed by atoms with van der Waals surface area (Å²) in [5, 5.41) is 3.71. The van der Waals surface area contributed by atoms with Crippen molar-refractivity contribution in [2.24, 2.45) is 5.41 Å². The van der Waals surface area contributed by atoms with Crippen molar-refractivity contribution in [2.45, 2.75) is 65.6 Å². The average molecular weight is 256 g/mol. The molecule has 2 atom stereocenters. The van der Waals surface area contributed by atoms with E-state index in [0.717, 1.165) is 19.6 Å². The van der Waals surface area contributed by atoms with E-state index < -0.39 is 0 Å². The van der Waals surface area contributed by atoms with E-state index in [2.05, 4.69) is 51.8 Å². The van der Waals surface area contributed by atoms with Crippen LogP contribution >= 0.6 is 0 Å². The largest absolute Gasteiger partial charge is 0.377 e. The number of rotatable bonds is 4. The summed E-state index contributed by atoms with van der Waals surface area (Å²) in [5.74, 6) is 0. The lowest BCUT2D eigenvalue weighted by Crippen LogP contribution is -2.62. The molecule has 0 saturated carbocycles. The molecule has 1 heterocycles. The monoisotopic (exact) mass is 256 g/mol. The smallest absolute Gasteiger partial charge is 0.0749 e. The fourth-order valence-electron chi connectivity index (χ4n) is 2.59. The third kappa shape index (κ3) is 4.22. The van der Waals surface area contributed by atoms with Gasteiger partial charge in [0.05, 0.1) is 5.60 Å². The fourth-order valence-corrected chi connectivity index (χ4v) is 2.59. The van der Waals surface area contributed by atoms with E-state index in [4.69, 9.17) is 4.74 Å². The topological polar surface area (TPSA) is 24.5 Å². The summed E-state index contributed by atoms with van der Waals surface area (Å²) >= 11 is 0. The Hall–Kier alpha value is -0.120. The Labute approximate surface area is 113 Å². The zero-order valence-electron chi connectivity index (χ0n) is 13.3. The molecule has 0 aromatic heterocycles. The van der Waals surface area contributed by atoms with Gasteiger partial charge < -0.3 is 10.1 Å². The minimum Gasteiger partial charge on any atom is -0.377 e. The van der Waals surface area contributed by atoms with Crippen molar-refractivity contribution < 1.29 is 4.74 Å². The number of nitrogens with one attached hydrogen (secondary N) is 1. The van der Waals surface area contributed by atoms with Gasteiger partial charge in [-0.3, -0.25) is 4.90 Å². The van der Waals surface area contributed by atoms with Crippen molar-refractivity contribution in [2.75, 3.05) is 26.7 Å². The summed E-state index contributed by atoms with van der Waals surface area (Å²) in [4.78, 5) is 2.61. The fraction of sp³-hybridized carbons (Fsp3) is 1.00. The van der Waals surface area contributed by atoms with Crippen LogP contribution in [0.2, 0.25) is 0 Å². The lowest BCUT2D eigenvalue weighted by molar-refractivity contribution is -0.0336. The van der Waals surface area contributed by atoms with Crippen LogP contribution in [-0.2, 0) is 4.74 Å². The van der Waals surface area contributed by atoms with Gasteiger partial charge in [-0.1, -0.05) is 27.7 Å². The number of methoxy groups -OCH3 is 1. The summed E-state index contributed by atoms with van der Waals surface area (Å²) < 4.78 is 5.59. The molecule has 1 aliphatic heterocycles. The molecular weight excluding hydrogens is 224 g/mol. The molecule has 0 aliphatic carbocycles. The van der Waals surface area contributed by atoms with E-state index in [0.29, 0.717) is 17.5 Å². The van der Waals surface area contributed by atoms with Crippen molar-refractivity contribution in [3.63, 3.8) is 0 Å². The van der Waals surface area contributed by atoms with Crippen molar-refractivity contribution in [1.29, 1.82) is 0 Å². The van der Waals surface area contributed by atoms with Crippen molar-refractivity contribution in [1.82, 2.24) is 10.2 Å². The number of piperazine rings is 1. The highest BCUT2D eigenvalue weighted by molar-refractivity contribution is 4.93. The first-order chi connectivity index (χ1) is 8.19. The SMILES string of the molecule is CCC1CNC(C(C)(C)C)CN1CC(C)(C)OC. The molecule has 0 aromatic rings. The summed E-state index contributed by atoms with van der Waals surface area (Å²) in [5.41, 5.74) is 0.251. The van der Waals surface area contributed by atoms with Gasteiger partial charge in [0.15, 0.2) is 0 Å². The summed E-state index contributed by atoms with van der Waals surface area (Å²) in [7, 11) is 1.81. The second-order valence-electron chi connectivity index (χ2n) is 7.28. The first kappa shape index (κ1) is 15.9. The lowest BCUT2D eigenvalue weighted by atomic mass is 9.84. The van der Waals surface area contributed by atoms with Gasteiger partial charge in [0, 0.05) is 38.8 Å². The van der Waals surface area contributed by atoms with E-state index in [1.807, 2.05) is 7.11 Å². The summed E-state index contributed by atoms with van der Waals surface area (Å²) in [6, 6.07) is 1.20. The molecule has 2 unspecified atom stereocenters. The maximum atomic E-state index is 5.59. The number of hydrogen-bond acceptors (Lipinski definition) is 3. The van der Waals surface area contributed by atoms with E-state index in [1.54, 1.807) is 0 Å². The highest BCUT2D eigenvalue weighted by atomic mass is 16.5. The van der Waals surface area contributed by atoms with Crippen LogP contribution in [0.4, 0.5) is 0 Å². The van der Waals surface area contributed by atoms with Crippen molar-refractivity contribution >= 4 is 0 Å². The molecule has 18 heavy (non-hydrogen) atoms. The minimum absolute atomic E-state index is 0.0623. The Balaban J connectivity index is 2.71. The van der Waals surface area contributed by atoms with Crippen LogP contribution in [0.5, 0.6) is 0 Å². The van der Waals surface area contributed by atoms with Crippen LogP contribution in [-0.4, -0.2) is 49.3 Å². The molecular formula is C15H32N2O. The Morgan fingerprint density at radius 1 is 1.22 bits per heavy atom. The average Bonchev–Trinajstić information content (AvgIpc) is 2.27. The zero-order chi connectivity index (χ0) is 14.0. The molecule has 0 radical (unpaired) electrons. The van der Waals surface area contributed by atoms with Gasteiger partial charge >= 0.3 is 0 Å². The van der Waals surface area contributed by atoms with Gasteiger partial charge in [-0.25, -0.2) is 0 Å². The molecule has 1 aliphatic rings. The third-order valence-corrected chi connectivity index (χ3v) is 4.19. The van der Waals surface area contributed by atoms with Crippen LogP contribution in [0.15, 0.2) is 0 Å². The van der Waals surface area contributed by atoms with E-state index in [-0.39, 0.29) is 5.60 Å². The first-order valence-electron chi connectivity index (χ1n) is 7.22. The maximum Gasteiger partial charge on any atom is 0.0749 e. The van der Waals surface area contributed by atoms with Gasteiger partial charge in [-0.05, 0) is 25.7 Å². The van der Waals surface area contributed by atoms with Crippen LogP contribution < -0.4 is 5.32 Å². The molecule has 1 saturated heterocycles. The number of hydrogen-bond donors (Lipinski definition) is 1. The Kier molecular flexibility index (Phi) is 5.22. The van der Waals surface area contributed by atoms with E-state index >= 15 is 0 Å². The lowest BCUT2D eigenvalue weighted by Gasteiger charge is -2.47. The first-order valence-corrected chi connectivity index (χ1v) is 7.22. The van der Waals surface area contributed by atoms with Gasteiger partial charge in [-0.15, -0.1) is 0 Å². The normalized spacial score (nSPS) is 27.5. The Bertz CT molecular complexity index is 258. The molecule has 0 bridgehead atoms. The van der Waals surface area contributed by atoms with Crippen LogP contribution in [0.25, 0.3) is 0 Å². The van der Waals surface area contributed by atoms with Crippen LogP contribution in [0.3, 0.4) is 0 Å². The summed E-state index contributed by atoms with van der Waals surface area (Å²) in [6.45, 7) is 16.8. The predicted molar refractivity (Wildman–Crippen MR) is 78.0 cm³/mol. The zero-order valence-corrected chi connectivity index (χ0v) is 13.3. The molecule has 3 nitrogen and oxygen atoms in total. The van der Waals surface area contributed by atoms with Gasteiger partial charge in [-0.2, -0.15) is 0 Å². The van der Waals surface area contributed by atoms with Gasteiger partial charge in [0.2, 0.25) is 0 Å². The molecule has 0 amide bonds. The second kappa shape index (κ2) is 5.89. The van der Waals surface area contributed by atoms with Crippen molar-refractivity contribution in [3.8, 4) is 0 Å². The van der Waals surface area contributed by atoms with Gasteiger partial charge in [0.25, 0.3) is 0 Å². The summed E-state index contributed by atoms with van der Waals surface area (Å²) in [6.07, 6.45) is 1.20. The maximum absolute atomic E-state index is 5.59. The quantitative estimate of drug-likeness (QED) is 0.836. The standard InChI is InChI=1S/C15H32N2O/c1-8-12-9-16-13(14(2,3)4)10-17(12)11-15(5,6)18-7/h12-13,16H,8-11H2,1-7H3. The minimum atomic E-state index is -0.0623. The third-order valence-electron chi connectivity index (χ3n) is 4.19. The molecule has 1 fully saturated rings. The van der Waals surface area contributed by atoms with Gasteiger partial charge in [0.1, 0.15) is 0 Å². The van der Waals surface area contributed by atoms with Crippen molar-refractivity contribution in [3.05, 3.63) is 0 Å². The van der Waals surface area contributed by atoms with Crippen LogP contribution in [0, 0.1) is 5.41 Å².